The standard InChI is InChI=1S/C32H42N6OS2/c1-7-18-38(19-8-2)26-13-9-24(10-14-26)35-37-31-33-30-28(40-31)21-29(41-30)36-34-25-11-15-27(16-12-25)39-20-17-23(3)22-32(4,5)6/h9-16,21,23H,7-8,17-20,22H2,1-6H3. The molecule has 2 heterocycles. The van der Waals surface area contributed by atoms with E-state index in [1.54, 1.807) is 0 Å². The van der Waals surface area contributed by atoms with Gasteiger partial charge in [0.25, 0.3) is 0 Å². The van der Waals surface area contributed by atoms with Crippen molar-refractivity contribution in [2.45, 2.75) is 67.2 Å². The lowest BCUT2D eigenvalue weighted by atomic mass is 9.84. The van der Waals surface area contributed by atoms with Crippen molar-refractivity contribution in [2.75, 3.05) is 24.6 Å². The van der Waals surface area contributed by atoms with Crippen molar-refractivity contribution in [1.29, 1.82) is 0 Å². The molecule has 0 radical (unpaired) electrons. The second-order valence-corrected chi connectivity index (χ2v) is 13.7. The fraction of sp³-hybridized carbons (Fsp3) is 0.469. The Bertz CT molecular complexity index is 1380. The van der Waals surface area contributed by atoms with Crippen molar-refractivity contribution < 1.29 is 4.74 Å². The largest absolute Gasteiger partial charge is 0.494 e. The minimum Gasteiger partial charge on any atom is -0.494 e. The lowest BCUT2D eigenvalue weighted by molar-refractivity contribution is 0.240. The van der Waals surface area contributed by atoms with Crippen LogP contribution < -0.4 is 9.64 Å². The van der Waals surface area contributed by atoms with E-state index < -0.39 is 0 Å². The monoisotopic (exact) mass is 590 g/mol. The number of hydrogen-bond acceptors (Lipinski definition) is 9. The number of fused-ring (bicyclic) bond motifs is 1. The van der Waals surface area contributed by atoms with E-state index in [-0.39, 0.29) is 0 Å². The van der Waals surface area contributed by atoms with Gasteiger partial charge in [0, 0.05) is 18.8 Å². The van der Waals surface area contributed by atoms with Crippen LogP contribution in [-0.2, 0) is 0 Å². The van der Waals surface area contributed by atoms with Crippen LogP contribution in [0.4, 0.5) is 27.2 Å². The summed E-state index contributed by atoms with van der Waals surface area (Å²) in [4.78, 5) is 7.92. The molecule has 0 saturated heterocycles. The van der Waals surface area contributed by atoms with Gasteiger partial charge in [-0.25, -0.2) is 4.98 Å². The minimum absolute atomic E-state index is 0.352. The molecule has 1 atom stereocenters. The molecule has 0 bridgehead atoms. The zero-order chi connectivity index (χ0) is 29.2. The van der Waals surface area contributed by atoms with E-state index in [0.717, 1.165) is 70.6 Å². The summed E-state index contributed by atoms with van der Waals surface area (Å²) in [5, 5.41) is 19.0. The fourth-order valence-electron chi connectivity index (χ4n) is 4.79. The highest BCUT2D eigenvalue weighted by atomic mass is 32.1. The molecule has 4 aromatic rings. The van der Waals surface area contributed by atoms with E-state index in [1.165, 1.54) is 34.8 Å². The zero-order valence-electron chi connectivity index (χ0n) is 25.1. The molecule has 0 saturated carbocycles. The van der Waals surface area contributed by atoms with Crippen molar-refractivity contribution >= 4 is 59.4 Å². The van der Waals surface area contributed by atoms with Gasteiger partial charge >= 0.3 is 0 Å². The van der Waals surface area contributed by atoms with Gasteiger partial charge in [-0.3, -0.25) is 0 Å². The molecule has 0 N–H and O–H groups in total. The van der Waals surface area contributed by atoms with Gasteiger partial charge in [0.05, 0.1) is 22.7 Å². The Morgan fingerprint density at radius 1 is 0.854 bits per heavy atom. The number of hydrogen-bond donors (Lipinski definition) is 0. The van der Waals surface area contributed by atoms with Gasteiger partial charge in [-0.15, -0.1) is 20.5 Å². The molecular formula is C32H42N6OS2. The highest BCUT2D eigenvalue weighted by Crippen LogP contribution is 2.39. The van der Waals surface area contributed by atoms with Gasteiger partial charge in [-0.2, -0.15) is 0 Å². The summed E-state index contributed by atoms with van der Waals surface area (Å²) in [7, 11) is 0. The highest BCUT2D eigenvalue weighted by molar-refractivity contribution is 7.30. The molecular weight excluding hydrogens is 549 g/mol. The maximum Gasteiger partial charge on any atom is 0.231 e. The molecule has 1 unspecified atom stereocenters. The third kappa shape index (κ3) is 9.71. The summed E-state index contributed by atoms with van der Waals surface area (Å²) in [6.45, 7) is 16.4. The van der Waals surface area contributed by atoms with Crippen LogP contribution in [0.15, 0.2) is 75.1 Å². The first kappa shape index (κ1) is 30.8. The van der Waals surface area contributed by atoms with Crippen LogP contribution in [0.3, 0.4) is 0 Å². The topological polar surface area (TPSA) is 74.8 Å². The van der Waals surface area contributed by atoms with Crippen molar-refractivity contribution in [2.24, 2.45) is 31.8 Å². The number of aromatic nitrogens is 1. The van der Waals surface area contributed by atoms with Crippen LogP contribution >= 0.6 is 22.7 Å². The maximum atomic E-state index is 5.93. The van der Waals surface area contributed by atoms with Crippen LogP contribution in [-0.4, -0.2) is 24.7 Å². The third-order valence-electron chi connectivity index (χ3n) is 6.46. The Balaban J connectivity index is 1.29. The molecule has 0 amide bonds. The number of thiazole rings is 1. The molecule has 0 aliphatic rings. The summed E-state index contributed by atoms with van der Waals surface area (Å²) in [6, 6.07) is 18.0. The van der Waals surface area contributed by atoms with Crippen LogP contribution in [0.2, 0.25) is 0 Å². The molecule has 0 fully saturated rings. The summed E-state index contributed by atoms with van der Waals surface area (Å²) >= 11 is 3.01. The summed E-state index contributed by atoms with van der Waals surface area (Å²) in [5.74, 6) is 1.50. The Morgan fingerprint density at radius 3 is 2.10 bits per heavy atom. The predicted molar refractivity (Wildman–Crippen MR) is 175 cm³/mol. The van der Waals surface area contributed by atoms with Gasteiger partial charge in [0.1, 0.15) is 15.6 Å². The van der Waals surface area contributed by atoms with Crippen LogP contribution in [0.5, 0.6) is 5.75 Å². The van der Waals surface area contributed by atoms with Gasteiger partial charge < -0.3 is 9.64 Å². The fourth-order valence-corrected chi connectivity index (χ4v) is 6.64. The number of ether oxygens (including phenoxy) is 1. The number of rotatable bonds is 14. The summed E-state index contributed by atoms with van der Waals surface area (Å²) < 4.78 is 6.97. The van der Waals surface area contributed by atoms with Gasteiger partial charge in [0.2, 0.25) is 5.13 Å². The van der Waals surface area contributed by atoms with E-state index in [2.05, 4.69) is 84.0 Å². The lowest BCUT2D eigenvalue weighted by Gasteiger charge is -2.23. The molecule has 7 nitrogen and oxygen atoms in total. The van der Waals surface area contributed by atoms with E-state index in [4.69, 9.17) is 4.74 Å². The molecule has 0 aliphatic carbocycles. The summed E-state index contributed by atoms with van der Waals surface area (Å²) in [5.41, 5.74) is 3.19. The van der Waals surface area contributed by atoms with Crippen molar-refractivity contribution in [3.05, 3.63) is 54.6 Å². The first-order valence-electron chi connectivity index (χ1n) is 14.5. The van der Waals surface area contributed by atoms with E-state index in [1.807, 2.05) is 42.5 Å². The third-order valence-corrected chi connectivity index (χ3v) is 8.39. The number of benzene rings is 2. The molecule has 0 aliphatic heterocycles. The predicted octanol–water partition coefficient (Wildman–Crippen LogP) is 11.7. The Labute approximate surface area is 252 Å². The lowest BCUT2D eigenvalue weighted by Crippen LogP contribution is -2.24. The van der Waals surface area contributed by atoms with Crippen molar-refractivity contribution in [3.8, 4) is 5.75 Å². The number of nitrogens with zero attached hydrogens (tertiary/aromatic N) is 6. The van der Waals surface area contributed by atoms with E-state index in [9.17, 15) is 0 Å². The van der Waals surface area contributed by atoms with Crippen LogP contribution in [0, 0.1) is 11.3 Å². The first-order valence-corrected chi connectivity index (χ1v) is 16.2. The first-order chi connectivity index (χ1) is 19.7. The highest BCUT2D eigenvalue weighted by Gasteiger charge is 2.15. The molecule has 218 valence electrons. The number of thiophene rings is 1. The molecule has 41 heavy (non-hydrogen) atoms. The minimum atomic E-state index is 0.352. The smallest absolute Gasteiger partial charge is 0.231 e. The van der Waals surface area contributed by atoms with Crippen LogP contribution in [0.25, 0.3) is 9.53 Å². The molecule has 2 aromatic heterocycles. The van der Waals surface area contributed by atoms with Crippen molar-refractivity contribution in [1.82, 2.24) is 4.98 Å². The van der Waals surface area contributed by atoms with Crippen molar-refractivity contribution in [3.63, 3.8) is 0 Å². The Kier molecular flexibility index (Phi) is 11.0. The van der Waals surface area contributed by atoms with Gasteiger partial charge in [0.15, 0.2) is 0 Å². The second-order valence-electron chi connectivity index (χ2n) is 11.7. The SMILES string of the molecule is CCCN(CCC)c1ccc(N=Nc2nc3sc(N=Nc4ccc(OCCC(C)CC(C)(C)C)cc4)cc3s2)cc1. The number of azo groups is 2. The maximum absolute atomic E-state index is 5.93. The molecule has 2 aromatic carbocycles. The molecule has 9 heteroatoms. The number of anilines is 1. The van der Waals surface area contributed by atoms with E-state index in [0.29, 0.717) is 16.5 Å². The Morgan fingerprint density at radius 2 is 1.49 bits per heavy atom. The van der Waals surface area contributed by atoms with E-state index >= 15 is 0 Å². The summed E-state index contributed by atoms with van der Waals surface area (Å²) in [6.07, 6.45) is 4.51. The average Bonchev–Trinajstić information content (AvgIpc) is 3.49. The zero-order valence-corrected chi connectivity index (χ0v) is 26.8. The van der Waals surface area contributed by atoms with Gasteiger partial charge in [-0.05, 0) is 91.6 Å². The second kappa shape index (κ2) is 14.6. The van der Waals surface area contributed by atoms with Crippen LogP contribution in [0.1, 0.15) is 67.2 Å². The molecule has 0 spiro atoms. The average molecular weight is 591 g/mol. The normalized spacial score (nSPS) is 13.0. The Hall–Kier alpha value is -3.17. The quantitative estimate of drug-likeness (QED) is 0.137. The molecule has 4 rings (SSSR count). The van der Waals surface area contributed by atoms with Gasteiger partial charge in [-0.1, -0.05) is 64.2 Å².